The first kappa shape index (κ1) is 11.7. The van der Waals surface area contributed by atoms with Crippen LogP contribution in [0.2, 0.25) is 5.02 Å². The topological polar surface area (TPSA) is 29.9 Å². The van der Waals surface area contributed by atoms with Gasteiger partial charge in [0.15, 0.2) is 0 Å². The van der Waals surface area contributed by atoms with Crippen molar-refractivity contribution in [3.8, 4) is 0 Å². The van der Waals surface area contributed by atoms with E-state index in [4.69, 9.17) is 11.6 Å². The maximum atomic E-state index is 12.9. The Kier molecular flexibility index (Phi) is 3.44. The van der Waals surface area contributed by atoms with Gasteiger partial charge in [-0.15, -0.1) is 6.58 Å². The van der Waals surface area contributed by atoms with Crippen LogP contribution >= 0.6 is 11.6 Å². The molecule has 0 aliphatic rings. The van der Waals surface area contributed by atoms with Crippen LogP contribution in [0.15, 0.2) is 43.2 Å². The Morgan fingerprint density at radius 2 is 2.35 bits per heavy atom. The van der Waals surface area contributed by atoms with Crippen molar-refractivity contribution in [2.24, 2.45) is 0 Å². The molecule has 0 bridgehead atoms. The number of anilines is 2. The molecule has 1 heterocycles. The molecule has 0 saturated carbocycles. The van der Waals surface area contributed by atoms with E-state index >= 15 is 0 Å². The van der Waals surface area contributed by atoms with E-state index < -0.39 is 0 Å². The molecule has 0 unspecified atom stereocenters. The van der Waals surface area contributed by atoms with Crippen LogP contribution in [-0.4, -0.2) is 9.55 Å². The molecule has 0 radical (unpaired) electrons. The Balaban J connectivity index is 2.25. The van der Waals surface area contributed by atoms with Gasteiger partial charge in [0.05, 0.1) is 10.7 Å². The summed E-state index contributed by atoms with van der Waals surface area (Å²) in [5.41, 5.74) is 0.615. The molecule has 5 heteroatoms. The minimum atomic E-state index is -0.366. The Labute approximate surface area is 104 Å². The van der Waals surface area contributed by atoms with Crippen LogP contribution < -0.4 is 5.32 Å². The monoisotopic (exact) mass is 251 g/mol. The average molecular weight is 252 g/mol. The zero-order valence-electron chi connectivity index (χ0n) is 9.03. The Bertz CT molecular complexity index is 536. The quantitative estimate of drug-likeness (QED) is 0.842. The van der Waals surface area contributed by atoms with Crippen LogP contribution in [0.3, 0.4) is 0 Å². The molecule has 1 aromatic carbocycles. The van der Waals surface area contributed by atoms with Gasteiger partial charge in [0.25, 0.3) is 0 Å². The fraction of sp³-hybridized carbons (Fsp3) is 0.0833. The Morgan fingerprint density at radius 1 is 1.53 bits per heavy atom. The minimum Gasteiger partial charge on any atom is -0.324 e. The van der Waals surface area contributed by atoms with E-state index in [0.29, 0.717) is 23.2 Å². The molecule has 0 atom stereocenters. The van der Waals surface area contributed by atoms with Gasteiger partial charge < -0.3 is 9.88 Å². The van der Waals surface area contributed by atoms with Gasteiger partial charge in [-0.2, -0.15) is 0 Å². The van der Waals surface area contributed by atoms with Crippen LogP contribution in [0.1, 0.15) is 0 Å². The maximum Gasteiger partial charge on any atom is 0.207 e. The first-order valence-corrected chi connectivity index (χ1v) is 5.42. The van der Waals surface area contributed by atoms with Gasteiger partial charge in [0.2, 0.25) is 5.95 Å². The largest absolute Gasteiger partial charge is 0.324 e. The van der Waals surface area contributed by atoms with E-state index in [0.717, 1.165) is 0 Å². The predicted molar refractivity (Wildman–Crippen MR) is 67.1 cm³/mol. The van der Waals surface area contributed by atoms with Crippen molar-refractivity contribution in [2.75, 3.05) is 5.32 Å². The summed E-state index contributed by atoms with van der Waals surface area (Å²) in [5, 5.41) is 3.36. The number of imidazole rings is 1. The molecule has 0 spiro atoms. The summed E-state index contributed by atoms with van der Waals surface area (Å²) in [7, 11) is 0. The van der Waals surface area contributed by atoms with Gasteiger partial charge in [-0.05, 0) is 18.2 Å². The van der Waals surface area contributed by atoms with Crippen LogP contribution in [0.4, 0.5) is 16.0 Å². The summed E-state index contributed by atoms with van der Waals surface area (Å²) in [5.74, 6) is 0.272. The van der Waals surface area contributed by atoms with E-state index in [1.165, 1.54) is 12.1 Å². The van der Waals surface area contributed by atoms with Gasteiger partial charge in [-0.3, -0.25) is 0 Å². The highest BCUT2D eigenvalue weighted by Gasteiger charge is 2.05. The molecule has 1 N–H and O–H groups in total. The normalized spacial score (nSPS) is 10.2. The second-order valence-corrected chi connectivity index (χ2v) is 3.85. The van der Waals surface area contributed by atoms with Crippen molar-refractivity contribution in [3.05, 3.63) is 54.1 Å². The van der Waals surface area contributed by atoms with E-state index in [1.54, 1.807) is 18.3 Å². The van der Waals surface area contributed by atoms with Crippen LogP contribution in [0.25, 0.3) is 0 Å². The number of hydrogen-bond donors (Lipinski definition) is 1. The molecule has 3 nitrogen and oxygen atoms in total. The highest BCUT2D eigenvalue weighted by Crippen LogP contribution is 2.25. The molecule has 0 amide bonds. The van der Waals surface area contributed by atoms with Crippen molar-refractivity contribution < 1.29 is 4.39 Å². The highest BCUT2D eigenvalue weighted by atomic mass is 35.5. The number of halogens is 2. The second-order valence-electron chi connectivity index (χ2n) is 3.44. The molecule has 1 aromatic heterocycles. The fourth-order valence-corrected chi connectivity index (χ4v) is 1.65. The van der Waals surface area contributed by atoms with Gasteiger partial charge in [-0.1, -0.05) is 17.7 Å². The summed E-state index contributed by atoms with van der Waals surface area (Å²) in [6.45, 7) is 4.30. The Morgan fingerprint density at radius 3 is 3.06 bits per heavy atom. The average Bonchev–Trinajstić information content (AvgIpc) is 2.71. The predicted octanol–water partition coefficient (Wildman–Crippen LogP) is 3.61. The van der Waals surface area contributed by atoms with E-state index in [2.05, 4.69) is 16.9 Å². The number of nitrogens with zero attached hydrogens (tertiary/aromatic N) is 2. The first-order chi connectivity index (χ1) is 8.20. The van der Waals surface area contributed by atoms with Crippen LogP contribution in [0, 0.1) is 5.82 Å². The van der Waals surface area contributed by atoms with Gasteiger partial charge in [0, 0.05) is 18.9 Å². The minimum absolute atomic E-state index is 0.318. The zero-order valence-corrected chi connectivity index (χ0v) is 9.78. The standard InChI is InChI=1S/C12H11ClFN3/c1-2-6-17-7-5-15-12(17)16-11-4-3-9(14)8-10(11)13/h2-5,7-8H,1,6H2,(H,15,16). The lowest BCUT2D eigenvalue weighted by atomic mass is 10.3. The van der Waals surface area contributed by atoms with Gasteiger partial charge in [-0.25, -0.2) is 9.37 Å². The molecule has 88 valence electrons. The lowest BCUT2D eigenvalue weighted by Gasteiger charge is -2.09. The molecular weight excluding hydrogens is 241 g/mol. The smallest absolute Gasteiger partial charge is 0.207 e. The van der Waals surface area contributed by atoms with Crippen LogP contribution in [-0.2, 0) is 6.54 Å². The summed E-state index contributed by atoms with van der Waals surface area (Å²) in [4.78, 5) is 4.15. The van der Waals surface area contributed by atoms with Crippen LogP contribution in [0.5, 0.6) is 0 Å². The van der Waals surface area contributed by atoms with Crippen molar-refractivity contribution >= 4 is 23.2 Å². The van der Waals surface area contributed by atoms with Gasteiger partial charge in [0.1, 0.15) is 5.82 Å². The van der Waals surface area contributed by atoms with E-state index in [9.17, 15) is 4.39 Å². The summed E-state index contributed by atoms with van der Waals surface area (Å²) >= 11 is 5.92. The van der Waals surface area contributed by atoms with Crippen molar-refractivity contribution in [1.29, 1.82) is 0 Å². The number of allylic oxidation sites excluding steroid dienone is 1. The lowest BCUT2D eigenvalue weighted by molar-refractivity contribution is 0.628. The number of benzene rings is 1. The molecule has 0 saturated heterocycles. The molecule has 0 aliphatic carbocycles. The molecule has 2 aromatic rings. The molecule has 0 aliphatic heterocycles. The zero-order chi connectivity index (χ0) is 12.3. The third kappa shape index (κ3) is 2.65. The van der Waals surface area contributed by atoms with E-state index in [1.807, 2.05) is 10.8 Å². The third-order valence-corrected chi connectivity index (χ3v) is 2.53. The van der Waals surface area contributed by atoms with Crippen molar-refractivity contribution in [3.63, 3.8) is 0 Å². The lowest BCUT2D eigenvalue weighted by Crippen LogP contribution is -2.02. The summed E-state index contributed by atoms with van der Waals surface area (Å²) in [6, 6.07) is 4.17. The summed E-state index contributed by atoms with van der Waals surface area (Å²) in [6.07, 6.45) is 5.25. The molecule has 0 fully saturated rings. The van der Waals surface area contributed by atoms with Crippen molar-refractivity contribution in [1.82, 2.24) is 9.55 Å². The molecular formula is C12H11ClFN3. The number of nitrogens with one attached hydrogen (secondary N) is 1. The maximum absolute atomic E-state index is 12.9. The number of aromatic nitrogens is 2. The number of hydrogen-bond acceptors (Lipinski definition) is 2. The fourth-order valence-electron chi connectivity index (χ4n) is 1.43. The summed E-state index contributed by atoms with van der Waals surface area (Å²) < 4.78 is 14.7. The van der Waals surface area contributed by atoms with Gasteiger partial charge >= 0.3 is 0 Å². The third-order valence-electron chi connectivity index (χ3n) is 2.22. The van der Waals surface area contributed by atoms with E-state index in [-0.39, 0.29) is 5.82 Å². The Hall–Kier alpha value is -1.81. The SMILES string of the molecule is C=CCn1ccnc1Nc1ccc(F)cc1Cl. The van der Waals surface area contributed by atoms with Crippen molar-refractivity contribution in [2.45, 2.75) is 6.54 Å². The number of rotatable bonds is 4. The highest BCUT2D eigenvalue weighted by molar-refractivity contribution is 6.33. The molecule has 17 heavy (non-hydrogen) atoms. The second kappa shape index (κ2) is 5.01. The molecule has 2 rings (SSSR count). The first-order valence-electron chi connectivity index (χ1n) is 5.05.